The van der Waals surface area contributed by atoms with Crippen LogP contribution in [-0.4, -0.2) is 35.8 Å². The van der Waals surface area contributed by atoms with Gasteiger partial charge in [0.15, 0.2) is 11.7 Å². The predicted molar refractivity (Wildman–Crippen MR) is 92.1 cm³/mol. The molecule has 1 atom stereocenters. The molecule has 134 valence electrons. The van der Waals surface area contributed by atoms with E-state index in [1.165, 1.54) is 4.90 Å². The van der Waals surface area contributed by atoms with Crippen LogP contribution in [0.2, 0.25) is 0 Å². The molecule has 0 saturated carbocycles. The average molecular weight is 346 g/mol. The highest BCUT2D eigenvalue weighted by molar-refractivity contribution is 5.96. The monoisotopic (exact) mass is 346 g/mol. The van der Waals surface area contributed by atoms with Gasteiger partial charge in [-0.25, -0.2) is 9.79 Å². The zero-order valence-electron chi connectivity index (χ0n) is 14.8. The molecule has 25 heavy (non-hydrogen) atoms. The molecule has 2 heterocycles. The summed E-state index contributed by atoms with van der Waals surface area (Å²) >= 11 is 0. The summed E-state index contributed by atoms with van der Waals surface area (Å²) < 4.78 is 12.9. The van der Waals surface area contributed by atoms with E-state index in [0.717, 1.165) is 5.52 Å². The summed E-state index contributed by atoms with van der Waals surface area (Å²) in [6, 6.07) is 5.41. The standard InChI is InChI=1S/C17H22N4O4/c1-5-19-15-21(17(2,3)4)11-7-6-10(8-12(11)24-15)20-9-13(14(18)22)25-16(20)23/h6-8,13H,5,9H2,1-4H3,(H2,18,22)/t13-/m1/s1. The van der Waals surface area contributed by atoms with Crippen LogP contribution in [0.15, 0.2) is 27.6 Å². The molecule has 2 amide bonds. The van der Waals surface area contributed by atoms with E-state index in [9.17, 15) is 9.59 Å². The number of carbonyl (C=O) groups excluding carboxylic acids is 2. The molecule has 2 aromatic rings. The number of benzene rings is 1. The molecule has 2 N–H and O–H groups in total. The predicted octanol–water partition coefficient (Wildman–Crippen LogP) is 1.72. The summed E-state index contributed by atoms with van der Waals surface area (Å²) in [5, 5.41) is 0. The molecular weight excluding hydrogens is 324 g/mol. The first-order valence-corrected chi connectivity index (χ1v) is 8.16. The zero-order chi connectivity index (χ0) is 18.4. The van der Waals surface area contributed by atoms with Crippen LogP contribution in [0.25, 0.3) is 11.1 Å². The van der Waals surface area contributed by atoms with E-state index in [-0.39, 0.29) is 12.1 Å². The number of anilines is 1. The first kappa shape index (κ1) is 17.1. The number of carbonyl (C=O) groups is 2. The molecule has 0 spiro atoms. The third-order valence-corrected chi connectivity index (χ3v) is 3.98. The van der Waals surface area contributed by atoms with Gasteiger partial charge in [-0.3, -0.25) is 14.3 Å². The lowest BCUT2D eigenvalue weighted by molar-refractivity contribution is -0.124. The van der Waals surface area contributed by atoms with Gasteiger partial charge in [-0.2, -0.15) is 0 Å². The number of rotatable bonds is 3. The Labute approximate surface area is 144 Å². The normalized spacial score (nSPS) is 18.9. The van der Waals surface area contributed by atoms with Crippen molar-refractivity contribution in [1.82, 2.24) is 4.57 Å². The van der Waals surface area contributed by atoms with Crippen molar-refractivity contribution in [3.8, 4) is 0 Å². The second-order valence-corrected chi connectivity index (χ2v) is 6.90. The minimum atomic E-state index is -0.940. The highest BCUT2D eigenvalue weighted by Crippen LogP contribution is 2.28. The Hall–Kier alpha value is -2.77. The molecule has 1 saturated heterocycles. The Morgan fingerprint density at radius 2 is 2.12 bits per heavy atom. The number of hydrogen-bond donors (Lipinski definition) is 1. The molecule has 1 fully saturated rings. The van der Waals surface area contributed by atoms with Gasteiger partial charge in [0, 0.05) is 18.2 Å². The number of primary amides is 1. The number of cyclic esters (lactones) is 1. The largest absolute Gasteiger partial charge is 0.434 e. The minimum Gasteiger partial charge on any atom is -0.434 e. The highest BCUT2D eigenvalue weighted by Gasteiger charge is 2.36. The summed E-state index contributed by atoms with van der Waals surface area (Å²) in [5.41, 5.74) is 7.60. The van der Waals surface area contributed by atoms with Crippen LogP contribution in [0.5, 0.6) is 0 Å². The highest BCUT2D eigenvalue weighted by atomic mass is 16.6. The first-order valence-electron chi connectivity index (χ1n) is 8.16. The van der Waals surface area contributed by atoms with Crippen molar-refractivity contribution in [1.29, 1.82) is 0 Å². The molecular formula is C17H22N4O4. The molecule has 1 aromatic carbocycles. The van der Waals surface area contributed by atoms with Crippen LogP contribution in [0.3, 0.4) is 0 Å². The van der Waals surface area contributed by atoms with Gasteiger partial charge in [-0.15, -0.1) is 0 Å². The molecule has 0 radical (unpaired) electrons. The molecule has 0 unspecified atom stereocenters. The fourth-order valence-corrected chi connectivity index (χ4v) is 2.89. The third kappa shape index (κ3) is 2.99. The van der Waals surface area contributed by atoms with Gasteiger partial charge in [0.05, 0.1) is 17.7 Å². The lowest BCUT2D eigenvalue weighted by atomic mass is 10.1. The van der Waals surface area contributed by atoms with Crippen LogP contribution in [-0.2, 0) is 15.1 Å². The molecule has 0 aliphatic carbocycles. The van der Waals surface area contributed by atoms with Gasteiger partial charge in [-0.05, 0) is 39.8 Å². The van der Waals surface area contributed by atoms with E-state index in [4.69, 9.17) is 14.9 Å². The summed E-state index contributed by atoms with van der Waals surface area (Å²) in [6.45, 7) is 8.84. The first-order chi connectivity index (χ1) is 11.7. The molecule has 1 aliphatic heterocycles. The Balaban J connectivity index is 2.09. The lowest BCUT2D eigenvalue weighted by Gasteiger charge is -2.21. The van der Waals surface area contributed by atoms with E-state index in [1.807, 2.05) is 17.6 Å². The van der Waals surface area contributed by atoms with E-state index in [2.05, 4.69) is 25.8 Å². The molecule has 8 heteroatoms. The van der Waals surface area contributed by atoms with Crippen molar-refractivity contribution < 1.29 is 18.7 Å². The second-order valence-electron chi connectivity index (χ2n) is 6.90. The van der Waals surface area contributed by atoms with Crippen molar-refractivity contribution in [3.05, 3.63) is 23.9 Å². The average Bonchev–Trinajstić information content (AvgIpc) is 3.06. The SMILES string of the molecule is CCN=c1oc2cc(N3C[C@H](C(N)=O)OC3=O)ccc2n1C(C)(C)C. The summed E-state index contributed by atoms with van der Waals surface area (Å²) in [7, 11) is 0. The molecule has 0 bridgehead atoms. The van der Waals surface area contributed by atoms with Crippen LogP contribution in [0, 0.1) is 0 Å². The maximum atomic E-state index is 12.0. The fourth-order valence-electron chi connectivity index (χ4n) is 2.89. The molecule has 1 aromatic heterocycles. The van der Waals surface area contributed by atoms with Crippen LogP contribution in [0.4, 0.5) is 10.5 Å². The van der Waals surface area contributed by atoms with Gasteiger partial charge in [0.1, 0.15) is 0 Å². The Bertz CT molecular complexity index is 903. The number of nitrogens with two attached hydrogens (primary N) is 1. The number of fused-ring (bicyclic) bond motifs is 1. The number of hydrogen-bond acceptors (Lipinski definition) is 5. The summed E-state index contributed by atoms with van der Waals surface area (Å²) in [4.78, 5) is 29.0. The molecule has 3 rings (SSSR count). The van der Waals surface area contributed by atoms with Gasteiger partial charge < -0.3 is 14.9 Å². The van der Waals surface area contributed by atoms with Crippen molar-refractivity contribution in [2.45, 2.75) is 39.3 Å². The third-order valence-electron chi connectivity index (χ3n) is 3.98. The quantitative estimate of drug-likeness (QED) is 0.914. The van der Waals surface area contributed by atoms with E-state index >= 15 is 0 Å². The number of oxazole rings is 1. The number of ether oxygens (including phenoxy) is 1. The topological polar surface area (TPSA) is 103 Å². The van der Waals surface area contributed by atoms with Crippen LogP contribution >= 0.6 is 0 Å². The van der Waals surface area contributed by atoms with E-state index in [1.54, 1.807) is 12.1 Å². The van der Waals surface area contributed by atoms with E-state index < -0.39 is 18.1 Å². The van der Waals surface area contributed by atoms with Gasteiger partial charge in [0.2, 0.25) is 0 Å². The van der Waals surface area contributed by atoms with E-state index in [0.29, 0.717) is 23.5 Å². The fraction of sp³-hybridized carbons (Fsp3) is 0.471. The Kier molecular flexibility index (Phi) is 4.06. The maximum Gasteiger partial charge on any atom is 0.415 e. The van der Waals surface area contributed by atoms with Crippen molar-refractivity contribution in [3.63, 3.8) is 0 Å². The van der Waals surface area contributed by atoms with Crippen molar-refractivity contribution in [2.24, 2.45) is 10.7 Å². The minimum absolute atomic E-state index is 0.0891. The van der Waals surface area contributed by atoms with Gasteiger partial charge >= 0.3 is 6.09 Å². The number of nitrogens with zero attached hydrogens (tertiary/aromatic N) is 3. The van der Waals surface area contributed by atoms with Crippen LogP contribution in [0.1, 0.15) is 27.7 Å². The second kappa shape index (κ2) is 5.94. The lowest BCUT2D eigenvalue weighted by Crippen LogP contribution is -2.32. The molecule has 1 aliphatic rings. The number of amides is 2. The summed E-state index contributed by atoms with van der Waals surface area (Å²) in [6.07, 6.45) is -1.54. The number of aromatic nitrogens is 1. The summed E-state index contributed by atoms with van der Waals surface area (Å²) in [5.74, 6) is -0.662. The maximum absolute atomic E-state index is 12.0. The zero-order valence-corrected chi connectivity index (χ0v) is 14.8. The Morgan fingerprint density at radius 1 is 1.40 bits per heavy atom. The van der Waals surface area contributed by atoms with Crippen molar-refractivity contribution in [2.75, 3.05) is 18.0 Å². The van der Waals surface area contributed by atoms with Gasteiger partial charge in [0.25, 0.3) is 11.6 Å². The van der Waals surface area contributed by atoms with Crippen molar-refractivity contribution >= 4 is 28.8 Å². The van der Waals surface area contributed by atoms with Gasteiger partial charge in [-0.1, -0.05) is 0 Å². The molecule has 8 nitrogen and oxygen atoms in total. The van der Waals surface area contributed by atoms with Crippen LogP contribution < -0.4 is 16.3 Å². The Morgan fingerprint density at radius 3 is 2.68 bits per heavy atom. The smallest absolute Gasteiger partial charge is 0.415 e.